The van der Waals surface area contributed by atoms with Gasteiger partial charge in [0.05, 0.1) is 11.3 Å². The molecule has 0 saturated carbocycles. The molecule has 6 aromatic rings. The average molecular weight is 610 g/mol. The predicted molar refractivity (Wildman–Crippen MR) is 182 cm³/mol. The highest BCUT2D eigenvalue weighted by Crippen LogP contribution is 2.33. The minimum absolute atomic E-state index is 0.472. The largest absolute Gasteiger partial charge is 0.438 e. The Morgan fingerprint density at radius 2 is 1.57 bits per heavy atom. The van der Waals surface area contributed by atoms with Crippen molar-refractivity contribution in [3.63, 3.8) is 0 Å². The van der Waals surface area contributed by atoms with E-state index in [1.54, 1.807) is 12.4 Å². The van der Waals surface area contributed by atoms with E-state index < -0.39 is 0 Å². The van der Waals surface area contributed by atoms with Gasteiger partial charge in [-0.1, -0.05) is 54.6 Å². The summed E-state index contributed by atoms with van der Waals surface area (Å²) in [7, 11) is 0. The molecular weight excluding hydrogens is 574 g/mol. The van der Waals surface area contributed by atoms with Gasteiger partial charge in [0.2, 0.25) is 11.8 Å². The third kappa shape index (κ3) is 6.93. The van der Waals surface area contributed by atoms with Crippen molar-refractivity contribution < 1.29 is 4.74 Å². The van der Waals surface area contributed by atoms with Gasteiger partial charge in [0.25, 0.3) is 0 Å². The first kappa shape index (κ1) is 29.3. The Bertz CT molecular complexity index is 1890. The molecule has 0 amide bonds. The summed E-state index contributed by atoms with van der Waals surface area (Å²) in [5.74, 6) is 2.41. The second kappa shape index (κ2) is 14.1. The fourth-order valence-corrected chi connectivity index (χ4v) is 5.56. The van der Waals surface area contributed by atoms with Crippen molar-refractivity contribution in [2.75, 3.05) is 49.9 Å². The maximum atomic E-state index is 6.25. The van der Waals surface area contributed by atoms with Gasteiger partial charge < -0.3 is 25.6 Å². The molecule has 0 atom stereocenters. The van der Waals surface area contributed by atoms with Crippen molar-refractivity contribution in [3.05, 3.63) is 109 Å². The van der Waals surface area contributed by atoms with Crippen molar-refractivity contribution in [3.8, 4) is 34.1 Å². The van der Waals surface area contributed by atoms with Gasteiger partial charge in [-0.2, -0.15) is 0 Å². The van der Waals surface area contributed by atoms with Crippen LogP contribution in [0.2, 0.25) is 0 Å². The van der Waals surface area contributed by atoms with Crippen molar-refractivity contribution in [2.45, 2.75) is 6.42 Å². The summed E-state index contributed by atoms with van der Waals surface area (Å²) in [5, 5.41) is 21.3. The first-order chi connectivity index (χ1) is 22.8. The third-order valence-corrected chi connectivity index (χ3v) is 7.91. The van der Waals surface area contributed by atoms with Gasteiger partial charge in [0, 0.05) is 67.1 Å². The molecule has 1 aliphatic heterocycles. The predicted octanol–water partition coefficient (Wildman–Crippen LogP) is 6.39. The molecule has 1 saturated heterocycles. The molecule has 0 unspecified atom stereocenters. The molecule has 0 bridgehead atoms. The quantitative estimate of drug-likeness (QED) is 0.143. The van der Waals surface area contributed by atoms with Crippen LogP contribution in [0.5, 0.6) is 11.6 Å². The highest BCUT2D eigenvalue weighted by atomic mass is 16.5. The molecule has 3 N–H and O–H groups in total. The zero-order chi connectivity index (χ0) is 31.0. The Morgan fingerprint density at radius 3 is 2.41 bits per heavy atom. The Kier molecular flexibility index (Phi) is 8.98. The van der Waals surface area contributed by atoms with Crippen LogP contribution in [-0.4, -0.2) is 69.3 Å². The summed E-state index contributed by atoms with van der Waals surface area (Å²) in [6.07, 6.45) is 4.51. The number of piperazine rings is 1. The first-order valence-electron chi connectivity index (χ1n) is 15.6. The molecule has 7 rings (SSSR count). The van der Waals surface area contributed by atoms with Crippen molar-refractivity contribution in [1.82, 2.24) is 35.4 Å². The van der Waals surface area contributed by atoms with E-state index in [1.807, 2.05) is 84.9 Å². The van der Waals surface area contributed by atoms with Crippen LogP contribution in [0, 0.1) is 0 Å². The lowest BCUT2D eigenvalue weighted by Gasteiger charge is -2.27. The van der Waals surface area contributed by atoms with E-state index in [2.05, 4.69) is 53.1 Å². The lowest BCUT2D eigenvalue weighted by Crippen LogP contribution is -2.44. The summed E-state index contributed by atoms with van der Waals surface area (Å²) < 4.78 is 6.25. The fraction of sp³-hybridized carbons (Fsp3) is 0.194. The third-order valence-electron chi connectivity index (χ3n) is 7.91. The average Bonchev–Trinajstić information content (AvgIpc) is 3.12. The van der Waals surface area contributed by atoms with Crippen LogP contribution in [0.4, 0.5) is 17.5 Å². The van der Waals surface area contributed by atoms with Crippen LogP contribution in [0.1, 0.15) is 6.42 Å². The normalized spacial score (nSPS) is 13.4. The molecule has 0 radical (unpaired) electrons. The van der Waals surface area contributed by atoms with Gasteiger partial charge in [-0.05, 0) is 55.4 Å². The van der Waals surface area contributed by atoms with Gasteiger partial charge in [-0.25, -0.2) is 15.0 Å². The van der Waals surface area contributed by atoms with Crippen molar-refractivity contribution in [1.29, 1.82) is 0 Å². The molecular formula is C36H35N9O. The fourth-order valence-electron chi connectivity index (χ4n) is 5.56. The molecule has 230 valence electrons. The monoisotopic (exact) mass is 609 g/mol. The second-order valence-electron chi connectivity index (χ2n) is 11.1. The van der Waals surface area contributed by atoms with Crippen molar-refractivity contribution in [2.24, 2.45) is 0 Å². The molecule has 10 nitrogen and oxygen atoms in total. The number of hydrogen-bond donors (Lipinski definition) is 3. The Morgan fingerprint density at radius 1 is 0.761 bits per heavy atom. The Labute approximate surface area is 267 Å². The van der Waals surface area contributed by atoms with E-state index in [0.717, 1.165) is 84.7 Å². The number of benzene rings is 3. The molecule has 10 heteroatoms. The SMILES string of the molecule is c1ccc(-c2nnc(Nc3ccc(Oc4ncccc4-c4ccnc(NCCCN5CCNCC5)n4)cc3)c3ccccc23)cc1. The standard InChI is InChI=1S/C36H35N9O/c1-2-8-26(9-3-1)33-29-10-4-5-11-30(29)34(44-43-33)41-27-13-15-28(16-14-27)46-35-31(12-6-18-38-35)32-17-20-40-36(42-32)39-19-7-23-45-24-21-37-22-25-45/h1-6,8-18,20,37H,7,19,21-25H2,(H,41,44)(H,39,40,42). The highest BCUT2D eigenvalue weighted by Gasteiger charge is 2.14. The summed E-state index contributed by atoms with van der Waals surface area (Å²) >= 11 is 0. The van der Waals surface area contributed by atoms with E-state index in [1.165, 1.54) is 0 Å². The zero-order valence-electron chi connectivity index (χ0n) is 25.4. The van der Waals surface area contributed by atoms with Crippen LogP contribution in [0.15, 0.2) is 109 Å². The second-order valence-corrected chi connectivity index (χ2v) is 11.1. The summed E-state index contributed by atoms with van der Waals surface area (Å²) in [4.78, 5) is 16.2. The molecule has 1 aliphatic rings. The van der Waals surface area contributed by atoms with Gasteiger partial charge >= 0.3 is 0 Å². The van der Waals surface area contributed by atoms with Gasteiger partial charge in [-0.15, -0.1) is 10.2 Å². The molecule has 0 aliphatic carbocycles. The van der Waals surface area contributed by atoms with Crippen LogP contribution in [0.3, 0.4) is 0 Å². The molecule has 4 heterocycles. The van der Waals surface area contributed by atoms with Gasteiger partial charge in [-0.3, -0.25) is 0 Å². The number of nitrogens with zero attached hydrogens (tertiary/aromatic N) is 6. The lowest BCUT2D eigenvalue weighted by molar-refractivity contribution is 0.240. The van der Waals surface area contributed by atoms with E-state index in [9.17, 15) is 0 Å². The lowest BCUT2D eigenvalue weighted by atomic mass is 10.0. The van der Waals surface area contributed by atoms with Crippen LogP contribution in [0.25, 0.3) is 33.3 Å². The number of pyridine rings is 1. The smallest absolute Gasteiger partial charge is 0.228 e. The van der Waals surface area contributed by atoms with Crippen molar-refractivity contribution >= 4 is 28.2 Å². The number of anilines is 3. The van der Waals surface area contributed by atoms with E-state index in [-0.39, 0.29) is 0 Å². The van der Waals surface area contributed by atoms with Crippen LogP contribution >= 0.6 is 0 Å². The number of aromatic nitrogens is 5. The van der Waals surface area contributed by atoms with E-state index in [4.69, 9.17) is 9.72 Å². The van der Waals surface area contributed by atoms with E-state index >= 15 is 0 Å². The highest BCUT2D eigenvalue weighted by molar-refractivity contribution is 6.00. The minimum Gasteiger partial charge on any atom is -0.438 e. The molecule has 0 spiro atoms. The number of nitrogens with one attached hydrogen (secondary N) is 3. The van der Waals surface area contributed by atoms with Gasteiger partial charge in [0.15, 0.2) is 5.82 Å². The zero-order valence-corrected chi connectivity index (χ0v) is 25.4. The Hall–Kier alpha value is -5.45. The number of hydrogen-bond acceptors (Lipinski definition) is 10. The molecule has 3 aromatic carbocycles. The molecule has 46 heavy (non-hydrogen) atoms. The Balaban J connectivity index is 1.02. The van der Waals surface area contributed by atoms with E-state index in [0.29, 0.717) is 23.4 Å². The topological polar surface area (TPSA) is 113 Å². The van der Waals surface area contributed by atoms with Crippen LogP contribution < -0.4 is 20.7 Å². The first-order valence-corrected chi connectivity index (χ1v) is 15.6. The van der Waals surface area contributed by atoms with Crippen LogP contribution in [-0.2, 0) is 0 Å². The summed E-state index contributed by atoms with van der Waals surface area (Å²) in [5.41, 5.74) is 4.28. The summed E-state index contributed by atoms with van der Waals surface area (Å²) in [6, 6.07) is 31.7. The number of rotatable bonds is 11. The molecule has 3 aromatic heterocycles. The number of ether oxygens (including phenoxy) is 1. The maximum Gasteiger partial charge on any atom is 0.228 e. The van der Waals surface area contributed by atoms with Gasteiger partial charge in [0.1, 0.15) is 11.4 Å². The minimum atomic E-state index is 0.472. The maximum absolute atomic E-state index is 6.25. The molecule has 1 fully saturated rings. The summed E-state index contributed by atoms with van der Waals surface area (Å²) in [6.45, 7) is 6.20. The number of fused-ring (bicyclic) bond motifs is 1.